The van der Waals surface area contributed by atoms with E-state index in [0.717, 1.165) is 22.1 Å². The molecular weight excluding hydrogens is 376 g/mol. The van der Waals surface area contributed by atoms with Crippen LogP contribution in [0.3, 0.4) is 0 Å². The van der Waals surface area contributed by atoms with Crippen molar-refractivity contribution in [1.82, 2.24) is 4.90 Å². The molecule has 0 aromatic heterocycles. The Morgan fingerprint density at radius 1 is 1.25 bits per heavy atom. The number of hydrogen-bond donors (Lipinski definition) is 0. The molecule has 0 N–H and O–H groups in total. The standard InChI is InChI=1S/C21H20N2O4S/c1-4-27-20(25)18-12(2)22-21-23(17(24)11-28-21)19(18)15-9-10-16(26-3)14-8-6-5-7-13(14)15/h5-10,19H,4,11H2,1-3H3/t19-/m1/s1. The number of esters is 1. The van der Waals surface area contributed by atoms with Crippen LogP contribution < -0.4 is 4.74 Å². The first-order chi connectivity index (χ1) is 13.6. The number of carbonyl (C=O) groups excluding carboxylic acids is 2. The van der Waals surface area contributed by atoms with Crippen molar-refractivity contribution in [3.05, 3.63) is 53.2 Å². The van der Waals surface area contributed by atoms with Gasteiger partial charge in [-0.05, 0) is 30.9 Å². The van der Waals surface area contributed by atoms with Gasteiger partial charge in [0, 0.05) is 5.39 Å². The lowest BCUT2D eigenvalue weighted by Crippen LogP contribution is -2.39. The summed E-state index contributed by atoms with van der Waals surface area (Å²) in [4.78, 5) is 31.7. The third-order valence-corrected chi connectivity index (χ3v) is 5.85. The highest BCUT2D eigenvalue weighted by atomic mass is 32.2. The summed E-state index contributed by atoms with van der Waals surface area (Å²) in [5.74, 6) is 0.539. The molecule has 0 radical (unpaired) electrons. The molecule has 0 aliphatic carbocycles. The Kier molecular flexibility index (Phi) is 4.85. The van der Waals surface area contributed by atoms with Crippen LogP contribution in [-0.2, 0) is 14.3 Å². The number of nitrogens with zero attached hydrogens (tertiary/aromatic N) is 2. The van der Waals surface area contributed by atoms with Crippen molar-refractivity contribution in [2.75, 3.05) is 19.5 Å². The summed E-state index contributed by atoms with van der Waals surface area (Å²) >= 11 is 1.39. The summed E-state index contributed by atoms with van der Waals surface area (Å²) in [5.41, 5.74) is 1.83. The SMILES string of the molecule is CCOC(=O)C1=C(C)N=C2SCC(=O)N2[C@@H]1c1ccc(OC)c2ccccc12. The Morgan fingerprint density at radius 3 is 2.71 bits per heavy atom. The van der Waals surface area contributed by atoms with Crippen LogP contribution in [0.25, 0.3) is 10.8 Å². The number of thioether (sulfide) groups is 1. The second-order valence-electron chi connectivity index (χ2n) is 6.47. The first-order valence-electron chi connectivity index (χ1n) is 9.03. The Labute approximate surface area is 167 Å². The fraction of sp³-hybridized carbons (Fsp3) is 0.286. The molecule has 0 unspecified atom stereocenters. The molecule has 0 spiro atoms. The molecule has 7 heteroatoms. The van der Waals surface area contributed by atoms with E-state index < -0.39 is 12.0 Å². The van der Waals surface area contributed by atoms with Gasteiger partial charge in [-0.1, -0.05) is 42.1 Å². The van der Waals surface area contributed by atoms with Crippen molar-refractivity contribution in [2.45, 2.75) is 19.9 Å². The zero-order chi connectivity index (χ0) is 19.8. The third-order valence-electron chi connectivity index (χ3n) is 4.91. The monoisotopic (exact) mass is 396 g/mol. The van der Waals surface area contributed by atoms with Crippen molar-refractivity contribution in [1.29, 1.82) is 0 Å². The normalized spacial score (nSPS) is 19.0. The zero-order valence-electron chi connectivity index (χ0n) is 15.9. The maximum absolute atomic E-state index is 12.8. The second kappa shape index (κ2) is 7.31. The van der Waals surface area contributed by atoms with Gasteiger partial charge in [0.2, 0.25) is 5.91 Å². The number of ether oxygens (including phenoxy) is 2. The van der Waals surface area contributed by atoms with Crippen LogP contribution in [-0.4, -0.2) is 41.4 Å². The average molecular weight is 396 g/mol. The number of amidine groups is 1. The van der Waals surface area contributed by atoms with Crippen LogP contribution in [0.2, 0.25) is 0 Å². The smallest absolute Gasteiger partial charge is 0.338 e. The Balaban J connectivity index is 1.97. The molecule has 1 amide bonds. The van der Waals surface area contributed by atoms with Crippen molar-refractivity contribution in [3.8, 4) is 5.75 Å². The molecule has 2 heterocycles. The summed E-state index contributed by atoms with van der Waals surface area (Å²) < 4.78 is 10.8. The molecule has 2 aromatic carbocycles. The predicted octanol–water partition coefficient (Wildman–Crippen LogP) is 3.67. The Bertz CT molecular complexity index is 1040. The molecule has 144 valence electrons. The maximum atomic E-state index is 12.8. The minimum atomic E-state index is -0.579. The number of fused-ring (bicyclic) bond motifs is 2. The molecule has 0 bridgehead atoms. The minimum absolute atomic E-state index is 0.0667. The Morgan fingerprint density at radius 2 is 2.00 bits per heavy atom. The van der Waals surface area contributed by atoms with Crippen LogP contribution in [0.15, 0.2) is 52.7 Å². The fourth-order valence-corrected chi connectivity index (χ4v) is 4.66. The van der Waals surface area contributed by atoms with Crippen molar-refractivity contribution in [2.24, 2.45) is 4.99 Å². The summed E-state index contributed by atoms with van der Waals surface area (Å²) in [7, 11) is 1.63. The van der Waals surface area contributed by atoms with E-state index in [-0.39, 0.29) is 12.5 Å². The van der Waals surface area contributed by atoms with Gasteiger partial charge in [0.15, 0.2) is 5.17 Å². The highest BCUT2D eigenvalue weighted by molar-refractivity contribution is 8.15. The fourth-order valence-electron chi connectivity index (χ4n) is 3.72. The lowest BCUT2D eigenvalue weighted by molar-refractivity contribution is -0.139. The quantitative estimate of drug-likeness (QED) is 0.738. The molecular formula is C21H20N2O4S. The summed E-state index contributed by atoms with van der Waals surface area (Å²) in [6, 6.07) is 11.0. The van der Waals surface area contributed by atoms with Crippen molar-refractivity contribution < 1.29 is 19.1 Å². The summed E-state index contributed by atoms with van der Waals surface area (Å²) in [6.45, 7) is 3.81. The minimum Gasteiger partial charge on any atom is -0.496 e. The molecule has 0 saturated carbocycles. The van der Waals surface area contributed by atoms with Gasteiger partial charge in [-0.2, -0.15) is 0 Å². The molecule has 2 aliphatic rings. The van der Waals surface area contributed by atoms with E-state index in [9.17, 15) is 9.59 Å². The number of methoxy groups -OCH3 is 1. The van der Waals surface area contributed by atoms with E-state index in [1.54, 1.807) is 25.9 Å². The average Bonchev–Trinajstić information content (AvgIpc) is 3.06. The van der Waals surface area contributed by atoms with Gasteiger partial charge in [0.1, 0.15) is 5.75 Å². The van der Waals surface area contributed by atoms with Crippen molar-refractivity contribution in [3.63, 3.8) is 0 Å². The van der Waals surface area contributed by atoms with E-state index in [0.29, 0.717) is 22.2 Å². The van der Waals surface area contributed by atoms with Gasteiger partial charge in [-0.15, -0.1) is 0 Å². The van der Waals surface area contributed by atoms with Gasteiger partial charge in [0.05, 0.1) is 36.8 Å². The largest absolute Gasteiger partial charge is 0.496 e. The van der Waals surface area contributed by atoms with Gasteiger partial charge >= 0.3 is 5.97 Å². The molecule has 4 rings (SSSR count). The highest BCUT2D eigenvalue weighted by Crippen LogP contribution is 2.44. The number of aliphatic imine (C=N–C) groups is 1. The van der Waals surface area contributed by atoms with E-state index in [1.807, 2.05) is 36.4 Å². The topological polar surface area (TPSA) is 68.2 Å². The number of amides is 1. The zero-order valence-corrected chi connectivity index (χ0v) is 16.7. The molecule has 28 heavy (non-hydrogen) atoms. The van der Waals surface area contributed by atoms with E-state index in [4.69, 9.17) is 9.47 Å². The third kappa shape index (κ3) is 2.86. The second-order valence-corrected chi connectivity index (χ2v) is 7.41. The van der Waals surface area contributed by atoms with E-state index >= 15 is 0 Å². The predicted molar refractivity (Wildman–Crippen MR) is 109 cm³/mol. The summed E-state index contributed by atoms with van der Waals surface area (Å²) in [5, 5.41) is 2.47. The molecule has 1 fully saturated rings. The maximum Gasteiger partial charge on any atom is 0.338 e. The first-order valence-corrected chi connectivity index (χ1v) is 10.0. The van der Waals surface area contributed by atoms with Gasteiger partial charge in [-0.25, -0.2) is 9.79 Å². The van der Waals surface area contributed by atoms with E-state index in [2.05, 4.69) is 4.99 Å². The number of allylic oxidation sites excluding steroid dienone is 1. The Hall–Kier alpha value is -2.80. The van der Waals surface area contributed by atoms with Crippen LogP contribution in [0.1, 0.15) is 25.5 Å². The first kappa shape index (κ1) is 18.6. The van der Waals surface area contributed by atoms with Crippen LogP contribution in [0, 0.1) is 0 Å². The molecule has 2 aromatic rings. The van der Waals surface area contributed by atoms with Crippen LogP contribution >= 0.6 is 11.8 Å². The van der Waals surface area contributed by atoms with Gasteiger partial charge < -0.3 is 9.47 Å². The highest BCUT2D eigenvalue weighted by Gasteiger charge is 2.43. The van der Waals surface area contributed by atoms with Gasteiger partial charge in [0.25, 0.3) is 0 Å². The lowest BCUT2D eigenvalue weighted by Gasteiger charge is -2.33. The summed E-state index contributed by atoms with van der Waals surface area (Å²) in [6.07, 6.45) is 0. The van der Waals surface area contributed by atoms with Crippen molar-refractivity contribution >= 4 is 39.6 Å². The number of benzene rings is 2. The molecule has 1 atom stereocenters. The van der Waals surface area contributed by atoms with E-state index in [1.165, 1.54) is 11.8 Å². The molecule has 2 aliphatic heterocycles. The number of rotatable bonds is 4. The van der Waals surface area contributed by atoms with Crippen LogP contribution in [0.5, 0.6) is 5.75 Å². The lowest BCUT2D eigenvalue weighted by atomic mass is 9.90. The molecule has 6 nitrogen and oxygen atoms in total. The molecule has 1 saturated heterocycles. The van der Waals surface area contributed by atoms with Crippen LogP contribution in [0.4, 0.5) is 0 Å². The number of carbonyl (C=O) groups is 2. The number of hydrogen-bond acceptors (Lipinski definition) is 6. The van der Waals surface area contributed by atoms with Gasteiger partial charge in [-0.3, -0.25) is 9.69 Å².